The molecule has 0 aliphatic carbocycles. The molecular formula is C49H30N4OS. The Kier molecular flexibility index (Phi) is 7.28. The average Bonchev–Trinajstić information content (AvgIpc) is 3.82. The molecule has 11 rings (SSSR count). The lowest BCUT2D eigenvalue weighted by Crippen LogP contribution is -2.09. The molecule has 5 nitrogen and oxygen atoms in total. The van der Waals surface area contributed by atoms with Crippen LogP contribution in [-0.4, -0.2) is 15.0 Å². The normalized spacial score (nSPS) is 11.6. The summed E-state index contributed by atoms with van der Waals surface area (Å²) >= 11 is 1.83. The van der Waals surface area contributed by atoms with Crippen molar-refractivity contribution in [1.82, 2.24) is 15.0 Å². The van der Waals surface area contributed by atoms with E-state index in [2.05, 4.69) is 114 Å². The van der Waals surface area contributed by atoms with Crippen molar-refractivity contribution < 1.29 is 4.42 Å². The summed E-state index contributed by atoms with van der Waals surface area (Å²) in [5, 5.41) is 6.87. The molecule has 0 N–H and O–H groups in total. The molecule has 258 valence electrons. The minimum absolute atomic E-state index is 0.596. The van der Waals surface area contributed by atoms with E-state index in [1.54, 1.807) is 0 Å². The van der Waals surface area contributed by atoms with E-state index in [0.717, 1.165) is 55.7 Å². The van der Waals surface area contributed by atoms with Gasteiger partial charge < -0.3 is 9.32 Å². The van der Waals surface area contributed by atoms with Gasteiger partial charge in [-0.1, -0.05) is 121 Å². The van der Waals surface area contributed by atoms with Crippen molar-refractivity contribution in [2.45, 2.75) is 0 Å². The minimum atomic E-state index is 0.596. The molecule has 11 aromatic rings. The number of rotatable bonds is 6. The zero-order valence-electron chi connectivity index (χ0n) is 29.4. The van der Waals surface area contributed by atoms with Crippen LogP contribution in [0.3, 0.4) is 0 Å². The summed E-state index contributed by atoms with van der Waals surface area (Å²) in [4.78, 5) is 17.4. The Morgan fingerprint density at radius 2 is 1.02 bits per heavy atom. The Bertz CT molecular complexity index is 3170. The van der Waals surface area contributed by atoms with E-state index in [9.17, 15) is 0 Å². The van der Waals surface area contributed by atoms with Crippen LogP contribution in [0.2, 0.25) is 0 Å². The highest BCUT2D eigenvalue weighted by atomic mass is 32.1. The van der Waals surface area contributed by atoms with E-state index in [1.807, 2.05) is 84.1 Å². The van der Waals surface area contributed by atoms with E-state index < -0.39 is 0 Å². The van der Waals surface area contributed by atoms with E-state index in [0.29, 0.717) is 17.5 Å². The zero-order chi connectivity index (χ0) is 36.3. The second-order valence-corrected chi connectivity index (χ2v) is 14.7. The van der Waals surface area contributed by atoms with Gasteiger partial charge in [-0.05, 0) is 65.4 Å². The van der Waals surface area contributed by atoms with Crippen LogP contribution in [0.25, 0.3) is 87.0 Å². The lowest BCUT2D eigenvalue weighted by atomic mass is 10.0. The van der Waals surface area contributed by atoms with Gasteiger partial charge in [-0.2, -0.15) is 0 Å². The van der Waals surface area contributed by atoms with Crippen LogP contribution in [-0.2, 0) is 0 Å². The molecule has 55 heavy (non-hydrogen) atoms. The summed E-state index contributed by atoms with van der Waals surface area (Å²) in [6.07, 6.45) is 0. The van der Waals surface area contributed by atoms with Crippen LogP contribution in [0.1, 0.15) is 0 Å². The highest BCUT2D eigenvalue weighted by Gasteiger charge is 2.21. The van der Waals surface area contributed by atoms with Crippen molar-refractivity contribution in [3.63, 3.8) is 0 Å². The third-order valence-electron chi connectivity index (χ3n) is 10.3. The van der Waals surface area contributed by atoms with Gasteiger partial charge in [0.2, 0.25) is 0 Å². The zero-order valence-corrected chi connectivity index (χ0v) is 30.2. The second kappa shape index (κ2) is 12.8. The van der Waals surface area contributed by atoms with Gasteiger partial charge in [0.15, 0.2) is 17.5 Å². The number of fused-ring (bicyclic) bond motifs is 7. The fraction of sp³-hybridized carbons (Fsp3) is 0. The molecule has 0 bridgehead atoms. The molecule has 8 aromatic carbocycles. The molecule has 0 amide bonds. The van der Waals surface area contributed by atoms with E-state index in [4.69, 9.17) is 19.4 Å². The summed E-state index contributed by atoms with van der Waals surface area (Å²) in [5.41, 5.74) is 7.46. The topological polar surface area (TPSA) is 55.1 Å². The van der Waals surface area contributed by atoms with Crippen molar-refractivity contribution in [3.8, 4) is 34.2 Å². The highest BCUT2D eigenvalue weighted by molar-refractivity contribution is 7.25. The van der Waals surface area contributed by atoms with Gasteiger partial charge in [0, 0.05) is 70.8 Å². The van der Waals surface area contributed by atoms with Gasteiger partial charge in [-0.25, -0.2) is 15.0 Å². The smallest absolute Gasteiger partial charge is 0.164 e. The molecular weight excluding hydrogens is 693 g/mol. The van der Waals surface area contributed by atoms with Crippen LogP contribution >= 0.6 is 11.3 Å². The van der Waals surface area contributed by atoms with Crippen LogP contribution in [0.5, 0.6) is 0 Å². The summed E-state index contributed by atoms with van der Waals surface area (Å²) < 4.78 is 9.26. The third kappa shape index (κ3) is 5.42. The quantitative estimate of drug-likeness (QED) is 0.171. The predicted octanol–water partition coefficient (Wildman–Crippen LogP) is 13.8. The van der Waals surface area contributed by atoms with Gasteiger partial charge >= 0.3 is 0 Å². The maximum absolute atomic E-state index is 6.70. The average molecular weight is 723 g/mol. The van der Waals surface area contributed by atoms with Gasteiger partial charge in [-0.15, -0.1) is 11.3 Å². The van der Waals surface area contributed by atoms with Crippen molar-refractivity contribution in [2.24, 2.45) is 0 Å². The monoisotopic (exact) mass is 722 g/mol. The van der Waals surface area contributed by atoms with Crippen LogP contribution < -0.4 is 4.90 Å². The van der Waals surface area contributed by atoms with Crippen LogP contribution in [0, 0.1) is 0 Å². The van der Waals surface area contributed by atoms with Gasteiger partial charge in [0.1, 0.15) is 11.2 Å². The molecule has 0 saturated carbocycles. The summed E-state index contributed by atoms with van der Waals surface area (Å²) in [7, 11) is 0. The third-order valence-corrected chi connectivity index (χ3v) is 11.4. The van der Waals surface area contributed by atoms with Gasteiger partial charge in [0.25, 0.3) is 0 Å². The van der Waals surface area contributed by atoms with E-state index >= 15 is 0 Å². The first kappa shape index (κ1) is 31.4. The van der Waals surface area contributed by atoms with Gasteiger partial charge in [-0.3, -0.25) is 0 Å². The van der Waals surface area contributed by atoms with Crippen molar-refractivity contribution in [1.29, 1.82) is 0 Å². The molecule has 0 spiro atoms. The van der Waals surface area contributed by atoms with E-state index in [1.165, 1.54) is 30.9 Å². The van der Waals surface area contributed by atoms with Crippen molar-refractivity contribution in [3.05, 3.63) is 182 Å². The first-order valence-electron chi connectivity index (χ1n) is 18.3. The standard InChI is InChI=1S/C49H30N4OS/c1-3-13-32(14-4-1)47-50-48(33-15-5-2-6-16-33)52-49(51-47)40-19-11-20-42-46(40)39-26-24-37(30-43(39)54-42)53(35-23-22-31-12-7-8-17-34(31)28-35)36-25-27-45-41(29-36)38-18-9-10-21-44(38)55-45/h1-30H. The summed E-state index contributed by atoms with van der Waals surface area (Å²) in [5.74, 6) is 1.84. The molecule has 3 aromatic heterocycles. The first-order chi connectivity index (χ1) is 27.2. The number of nitrogens with zero attached hydrogens (tertiary/aromatic N) is 4. The Morgan fingerprint density at radius 1 is 0.400 bits per heavy atom. The van der Waals surface area contributed by atoms with Gasteiger partial charge in [0.05, 0.1) is 0 Å². The number of benzene rings is 8. The molecule has 0 aliphatic rings. The molecule has 0 saturated heterocycles. The molecule has 0 radical (unpaired) electrons. The highest BCUT2D eigenvalue weighted by Crippen LogP contribution is 2.44. The maximum atomic E-state index is 6.70. The van der Waals surface area contributed by atoms with Crippen LogP contribution in [0.15, 0.2) is 186 Å². The Morgan fingerprint density at radius 3 is 1.82 bits per heavy atom. The fourth-order valence-electron chi connectivity index (χ4n) is 7.69. The molecule has 3 heterocycles. The minimum Gasteiger partial charge on any atom is -0.456 e. The summed E-state index contributed by atoms with van der Waals surface area (Å²) in [6.45, 7) is 0. The number of furan rings is 1. The number of anilines is 3. The molecule has 0 fully saturated rings. The SMILES string of the molecule is c1ccc(-c2nc(-c3ccccc3)nc(-c3cccc4oc5cc(N(c6ccc7ccccc7c6)c6ccc7sc8ccccc8c7c6)ccc5c34)n2)cc1. The fourth-order valence-corrected chi connectivity index (χ4v) is 8.77. The number of hydrogen-bond donors (Lipinski definition) is 0. The second-order valence-electron chi connectivity index (χ2n) is 13.6. The lowest BCUT2D eigenvalue weighted by molar-refractivity contribution is 0.669. The Balaban J connectivity index is 1.10. The number of hydrogen-bond acceptors (Lipinski definition) is 6. The predicted molar refractivity (Wildman–Crippen MR) is 228 cm³/mol. The Labute approximate surface area is 320 Å². The molecule has 0 aliphatic heterocycles. The van der Waals surface area contributed by atoms with E-state index in [-0.39, 0.29) is 0 Å². The number of aromatic nitrogens is 3. The number of thiophene rings is 1. The Hall–Kier alpha value is -7.15. The van der Waals surface area contributed by atoms with Crippen molar-refractivity contribution >= 4 is 81.3 Å². The van der Waals surface area contributed by atoms with Crippen LogP contribution in [0.4, 0.5) is 17.1 Å². The van der Waals surface area contributed by atoms with Crippen molar-refractivity contribution in [2.75, 3.05) is 4.90 Å². The first-order valence-corrected chi connectivity index (χ1v) is 19.1. The molecule has 0 atom stereocenters. The molecule has 6 heteroatoms. The largest absolute Gasteiger partial charge is 0.456 e. The molecule has 0 unspecified atom stereocenters. The maximum Gasteiger partial charge on any atom is 0.164 e. The summed E-state index contributed by atoms with van der Waals surface area (Å²) in [6, 6.07) is 63.4. The lowest BCUT2D eigenvalue weighted by Gasteiger charge is -2.26.